The van der Waals surface area contributed by atoms with E-state index in [0.717, 1.165) is 6.42 Å². The first-order valence-corrected chi connectivity index (χ1v) is 8.60. The van der Waals surface area contributed by atoms with Crippen molar-refractivity contribution in [2.45, 2.75) is 38.3 Å². The van der Waals surface area contributed by atoms with Crippen LogP contribution in [-0.4, -0.2) is 50.6 Å². The molecule has 0 aromatic carbocycles. The van der Waals surface area contributed by atoms with Crippen molar-refractivity contribution in [3.05, 3.63) is 18.3 Å². The second-order valence-corrected chi connectivity index (χ2v) is 6.99. The van der Waals surface area contributed by atoms with Crippen LogP contribution in [0.15, 0.2) is 23.4 Å². The molecule has 0 aliphatic carbocycles. The van der Waals surface area contributed by atoms with Gasteiger partial charge in [0, 0.05) is 26.3 Å². The molecule has 1 aromatic heterocycles. The molecule has 6 nitrogen and oxygen atoms in total. The van der Waals surface area contributed by atoms with Crippen LogP contribution >= 0.6 is 0 Å². The van der Waals surface area contributed by atoms with Crippen LogP contribution in [0.4, 0.5) is 5.69 Å². The molecule has 1 heterocycles. The molecule has 7 heteroatoms. The summed E-state index contributed by atoms with van der Waals surface area (Å²) in [6, 6.07) is 3.45. The van der Waals surface area contributed by atoms with Gasteiger partial charge in [-0.3, -0.25) is 0 Å². The zero-order valence-electron chi connectivity index (χ0n) is 13.2. The third-order valence-electron chi connectivity index (χ3n) is 2.85. The molecule has 1 N–H and O–H groups in total. The molecule has 0 aliphatic rings. The van der Waals surface area contributed by atoms with Crippen LogP contribution in [0.25, 0.3) is 0 Å². The highest BCUT2D eigenvalue weighted by molar-refractivity contribution is 7.89. The standard InChI is InChI=1S/C14H25N3O3S/c1-5-8-15-13-7-6-9-16-14(13)21(18,19)17(4)10-11-20-12(2)3/h6-7,9,12,15H,5,8,10-11H2,1-4H3. The molecule has 21 heavy (non-hydrogen) atoms. The molecule has 0 atom stereocenters. The Bertz CT molecular complexity index is 532. The SMILES string of the molecule is CCCNc1cccnc1S(=O)(=O)N(C)CCOC(C)C. The summed E-state index contributed by atoms with van der Waals surface area (Å²) < 4.78 is 31.8. The Hall–Kier alpha value is -1.18. The maximum Gasteiger partial charge on any atom is 0.262 e. The van der Waals surface area contributed by atoms with Crippen LogP contribution < -0.4 is 5.32 Å². The van der Waals surface area contributed by atoms with Crippen molar-refractivity contribution in [3.63, 3.8) is 0 Å². The topological polar surface area (TPSA) is 71.5 Å². The van der Waals surface area contributed by atoms with Gasteiger partial charge in [0.05, 0.1) is 18.4 Å². The molecule has 1 aromatic rings. The van der Waals surface area contributed by atoms with E-state index in [9.17, 15) is 8.42 Å². The third kappa shape index (κ3) is 5.26. The van der Waals surface area contributed by atoms with Crippen LogP contribution in [0.5, 0.6) is 0 Å². The Kier molecular flexibility index (Phi) is 7.07. The van der Waals surface area contributed by atoms with E-state index in [-0.39, 0.29) is 11.1 Å². The van der Waals surface area contributed by atoms with E-state index in [4.69, 9.17) is 4.74 Å². The summed E-state index contributed by atoms with van der Waals surface area (Å²) in [5.41, 5.74) is 0.538. The number of pyridine rings is 1. The average Bonchev–Trinajstić information content (AvgIpc) is 2.44. The van der Waals surface area contributed by atoms with Crippen molar-refractivity contribution in [2.75, 3.05) is 32.1 Å². The molecule has 0 unspecified atom stereocenters. The molecule has 0 amide bonds. The second kappa shape index (κ2) is 8.31. The van der Waals surface area contributed by atoms with E-state index in [1.54, 1.807) is 12.1 Å². The van der Waals surface area contributed by atoms with Gasteiger partial charge < -0.3 is 10.1 Å². The number of aromatic nitrogens is 1. The molecule has 0 saturated heterocycles. The summed E-state index contributed by atoms with van der Waals surface area (Å²) in [7, 11) is -2.08. The smallest absolute Gasteiger partial charge is 0.262 e. The fourth-order valence-electron chi connectivity index (χ4n) is 1.68. The molecule has 120 valence electrons. The predicted octanol–water partition coefficient (Wildman–Crippen LogP) is 1.95. The summed E-state index contributed by atoms with van der Waals surface area (Å²) in [6.07, 6.45) is 2.48. The van der Waals surface area contributed by atoms with Crippen molar-refractivity contribution >= 4 is 15.7 Å². The van der Waals surface area contributed by atoms with Gasteiger partial charge in [-0.15, -0.1) is 0 Å². The van der Waals surface area contributed by atoms with E-state index < -0.39 is 10.0 Å². The van der Waals surface area contributed by atoms with Gasteiger partial charge in [-0.2, -0.15) is 4.31 Å². The number of rotatable bonds is 9. The largest absolute Gasteiger partial charge is 0.383 e. The zero-order chi connectivity index (χ0) is 15.9. The van der Waals surface area contributed by atoms with Crippen LogP contribution in [0.2, 0.25) is 0 Å². The highest BCUT2D eigenvalue weighted by Gasteiger charge is 2.25. The van der Waals surface area contributed by atoms with Gasteiger partial charge in [0.2, 0.25) is 0 Å². The van der Waals surface area contributed by atoms with Crippen molar-refractivity contribution in [1.82, 2.24) is 9.29 Å². The van der Waals surface area contributed by atoms with Crippen LogP contribution in [0, 0.1) is 0 Å². The van der Waals surface area contributed by atoms with Crippen LogP contribution in [0.1, 0.15) is 27.2 Å². The van der Waals surface area contributed by atoms with Crippen molar-refractivity contribution in [3.8, 4) is 0 Å². The van der Waals surface area contributed by atoms with Gasteiger partial charge >= 0.3 is 0 Å². The van der Waals surface area contributed by atoms with Gasteiger partial charge in [-0.1, -0.05) is 6.92 Å². The van der Waals surface area contributed by atoms with E-state index in [1.807, 2.05) is 20.8 Å². The average molecular weight is 315 g/mol. The minimum absolute atomic E-state index is 0.0606. The number of nitrogens with zero attached hydrogens (tertiary/aromatic N) is 2. The van der Waals surface area contributed by atoms with E-state index in [1.165, 1.54) is 17.5 Å². The molecule has 1 rings (SSSR count). The fourth-order valence-corrected chi connectivity index (χ4v) is 2.90. The Morgan fingerprint density at radius 2 is 2.14 bits per heavy atom. The van der Waals surface area contributed by atoms with E-state index in [2.05, 4.69) is 10.3 Å². The minimum atomic E-state index is -3.62. The lowest BCUT2D eigenvalue weighted by Crippen LogP contribution is -2.32. The van der Waals surface area contributed by atoms with E-state index >= 15 is 0 Å². The van der Waals surface area contributed by atoms with Crippen LogP contribution in [-0.2, 0) is 14.8 Å². The molecule has 0 aliphatic heterocycles. The molecule has 0 radical (unpaired) electrons. The summed E-state index contributed by atoms with van der Waals surface area (Å²) in [4.78, 5) is 4.03. The third-order valence-corrected chi connectivity index (χ3v) is 4.67. The molecular formula is C14H25N3O3S. The number of hydrogen-bond donors (Lipinski definition) is 1. The van der Waals surface area contributed by atoms with Gasteiger partial charge in [0.25, 0.3) is 10.0 Å². The maximum atomic E-state index is 12.6. The van der Waals surface area contributed by atoms with E-state index in [0.29, 0.717) is 25.4 Å². The normalized spacial score (nSPS) is 12.1. The predicted molar refractivity (Wildman–Crippen MR) is 83.9 cm³/mol. The number of likely N-dealkylation sites (N-methyl/N-ethyl adjacent to an activating group) is 1. The quantitative estimate of drug-likeness (QED) is 0.754. The molecule has 0 bridgehead atoms. The van der Waals surface area contributed by atoms with Crippen molar-refractivity contribution in [2.24, 2.45) is 0 Å². The van der Waals surface area contributed by atoms with Gasteiger partial charge in [-0.25, -0.2) is 13.4 Å². The first-order valence-electron chi connectivity index (χ1n) is 7.16. The summed E-state index contributed by atoms with van der Waals surface area (Å²) >= 11 is 0. The summed E-state index contributed by atoms with van der Waals surface area (Å²) in [5, 5.41) is 3.16. The number of nitrogens with one attached hydrogen (secondary N) is 1. The van der Waals surface area contributed by atoms with Crippen LogP contribution in [0.3, 0.4) is 0 Å². The first kappa shape index (κ1) is 17.9. The fraction of sp³-hybridized carbons (Fsp3) is 0.643. The first-order chi connectivity index (χ1) is 9.89. The number of sulfonamides is 1. The maximum absolute atomic E-state index is 12.6. The molecule has 0 spiro atoms. The Labute approximate surface area is 127 Å². The number of hydrogen-bond acceptors (Lipinski definition) is 5. The highest BCUT2D eigenvalue weighted by atomic mass is 32.2. The zero-order valence-corrected chi connectivity index (χ0v) is 14.0. The molecule has 0 saturated carbocycles. The number of ether oxygens (including phenoxy) is 1. The Morgan fingerprint density at radius 3 is 2.76 bits per heavy atom. The lowest BCUT2D eigenvalue weighted by molar-refractivity contribution is 0.0737. The summed E-state index contributed by atoms with van der Waals surface area (Å²) in [5.74, 6) is 0. The Morgan fingerprint density at radius 1 is 1.43 bits per heavy atom. The Balaban J connectivity index is 2.86. The second-order valence-electron chi connectivity index (χ2n) is 5.03. The monoisotopic (exact) mass is 315 g/mol. The lowest BCUT2D eigenvalue weighted by Gasteiger charge is -2.19. The lowest BCUT2D eigenvalue weighted by atomic mass is 10.4. The minimum Gasteiger partial charge on any atom is -0.383 e. The molecular weight excluding hydrogens is 290 g/mol. The summed E-state index contributed by atoms with van der Waals surface area (Å²) in [6.45, 7) is 7.21. The highest BCUT2D eigenvalue weighted by Crippen LogP contribution is 2.21. The van der Waals surface area contributed by atoms with Gasteiger partial charge in [-0.05, 0) is 32.4 Å². The number of anilines is 1. The van der Waals surface area contributed by atoms with Gasteiger partial charge in [0.15, 0.2) is 5.03 Å². The van der Waals surface area contributed by atoms with Crippen molar-refractivity contribution < 1.29 is 13.2 Å². The van der Waals surface area contributed by atoms with Gasteiger partial charge in [0.1, 0.15) is 0 Å². The molecule has 0 fully saturated rings. The van der Waals surface area contributed by atoms with Crippen molar-refractivity contribution in [1.29, 1.82) is 0 Å².